The third-order valence-corrected chi connectivity index (χ3v) is 4.44. The summed E-state index contributed by atoms with van der Waals surface area (Å²) in [6.07, 6.45) is 3.20. The molecule has 1 aliphatic rings. The normalized spacial score (nSPS) is 15.0. The minimum Gasteiger partial charge on any atom is -0.497 e. The molecule has 1 aliphatic heterocycles. The Morgan fingerprint density at radius 2 is 1.76 bits per heavy atom. The van der Waals surface area contributed by atoms with Crippen molar-refractivity contribution in [3.63, 3.8) is 0 Å². The van der Waals surface area contributed by atoms with Crippen LogP contribution in [0.4, 0.5) is 5.69 Å². The quantitative estimate of drug-likeness (QED) is 0.583. The number of aliphatic imine (C=N–C) groups is 1. The smallest absolute Gasteiger partial charge is 0.282 e. The fourth-order valence-corrected chi connectivity index (χ4v) is 3.06. The lowest BCUT2D eigenvalue weighted by Gasteiger charge is -2.19. The second-order valence-electron chi connectivity index (χ2n) is 6.28. The standard InChI is InChI=1S/C23H20N2O4/c1-3-28-19-12-8-17(9-13-19)25-22(16-6-10-18(27-2)11-7-16)24-21(23(25)26)15-20-5-4-14-29-20/h4-15H,3H2,1-2H3/b21-15+. The number of benzene rings is 2. The number of rotatable bonds is 6. The fraction of sp³-hybridized carbons (Fsp3) is 0.130. The Balaban J connectivity index is 1.76. The predicted octanol–water partition coefficient (Wildman–Crippen LogP) is 4.52. The van der Waals surface area contributed by atoms with E-state index >= 15 is 0 Å². The van der Waals surface area contributed by atoms with Crippen LogP contribution in [0.5, 0.6) is 11.5 Å². The molecule has 1 amide bonds. The Morgan fingerprint density at radius 3 is 2.38 bits per heavy atom. The van der Waals surface area contributed by atoms with E-state index in [9.17, 15) is 4.79 Å². The number of hydrogen-bond acceptors (Lipinski definition) is 5. The molecule has 29 heavy (non-hydrogen) atoms. The van der Waals surface area contributed by atoms with Gasteiger partial charge in [0.05, 0.1) is 25.7 Å². The van der Waals surface area contributed by atoms with Crippen molar-refractivity contribution >= 4 is 23.5 Å². The second kappa shape index (κ2) is 8.06. The van der Waals surface area contributed by atoms with Gasteiger partial charge in [-0.3, -0.25) is 9.69 Å². The highest BCUT2D eigenvalue weighted by Crippen LogP contribution is 2.29. The number of hydrogen-bond donors (Lipinski definition) is 0. The number of carbonyl (C=O) groups excluding carboxylic acids is 1. The number of methoxy groups -OCH3 is 1. The molecule has 6 nitrogen and oxygen atoms in total. The van der Waals surface area contributed by atoms with Gasteiger partial charge in [-0.25, -0.2) is 4.99 Å². The first-order chi connectivity index (χ1) is 14.2. The highest BCUT2D eigenvalue weighted by atomic mass is 16.5. The first-order valence-corrected chi connectivity index (χ1v) is 9.25. The maximum absolute atomic E-state index is 13.2. The molecule has 0 radical (unpaired) electrons. The van der Waals surface area contributed by atoms with E-state index in [-0.39, 0.29) is 5.91 Å². The van der Waals surface area contributed by atoms with Gasteiger partial charge in [-0.1, -0.05) is 0 Å². The van der Waals surface area contributed by atoms with E-state index in [1.807, 2.05) is 55.5 Å². The van der Waals surface area contributed by atoms with Crippen LogP contribution in [0.3, 0.4) is 0 Å². The molecule has 4 rings (SSSR count). The van der Waals surface area contributed by atoms with Crippen molar-refractivity contribution in [3.8, 4) is 11.5 Å². The van der Waals surface area contributed by atoms with Gasteiger partial charge in [0.25, 0.3) is 5.91 Å². The number of nitrogens with zero attached hydrogens (tertiary/aromatic N) is 2. The minimum absolute atomic E-state index is 0.226. The largest absolute Gasteiger partial charge is 0.497 e. The van der Waals surface area contributed by atoms with Crippen LogP contribution in [-0.2, 0) is 4.79 Å². The molecule has 6 heteroatoms. The van der Waals surface area contributed by atoms with Gasteiger partial charge in [-0.05, 0) is 67.6 Å². The minimum atomic E-state index is -0.226. The van der Waals surface area contributed by atoms with Crippen molar-refractivity contribution in [1.82, 2.24) is 0 Å². The van der Waals surface area contributed by atoms with Gasteiger partial charge in [0.2, 0.25) is 0 Å². The Bertz CT molecular complexity index is 1050. The molecular weight excluding hydrogens is 368 g/mol. The maximum Gasteiger partial charge on any atom is 0.282 e. The topological polar surface area (TPSA) is 64.3 Å². The molecule has 146 valence electrons. The molecule has 0 saturated heterocycles. The Kier molecular flexibility index (Phi) is 5.16. The lowest BCUT2D eigenvalue weighted by molar-refractivity contribution is -0.113. The molecule has 0 saturated carbocycles. The van der Waals surface area contributed by atoms with Crippen molar-refractivity contribution in [2.75, 3.05) is 18.6 Å². The monoisotopic (exact) mass is 388 g/mol. The van der Waals surface area contributed by atoms with Crippen molar-refractivity contribution < 1.29 is 18.7 Å². The van der Waals surface area contributed by atoms with Gasteiger partial charge in [-0.2, -0.15) is 0 Å². The summed E-state index contributed by atoms with van der Waals surface area (Å²) in [5.74, 6) is 2.37. The Hall–Kier alpha value is -3.80. The summed E-state index contributed by atoms with van der Waals surface area (Å²) < 4.78 is 16.1. The molecule has 0 atom stereocenters. The van der Waals surface area contributed by atoms with Gasteiger partial charge in [0.1, 0.15) is 28.8 Å². The van der Waals surface area contributed by atoms with Gasteiger partial charge < -0.3 is 13.9 Å². The van der Waals surface area contributed by atoms with E-state index in [0.29, 0.717) is 29.6 Å². The Labute approximate surface area is 168 Å². The summed E-state index contributed by atoms with van der Waals surface area (Å²) >= 11 is 0. The number of anilines is 1. The Morgan fingerprint density at radius 1 is 1.03 bits per heavy atom. The zero-order valence-corrected chi connectivity index (χ0v) is 16.2. The molecular formula is C23H20N2O4. The zero-order chi connectivity index (χ0) is 20.2. The predicted molar refractivity (Wildman–Crippen MR) is 111 cm³/mol. The second-order valence-corrected chi connectivity index (χ2v) is 6.28. The SMILES string of the molecule is CCOc1ccc(N2C(=O)/C(=C\c3ccco3)N=C2c2ccc(OC)cc2)cc1. The molecule has 0 aliphatic carbocycles. The van der Waals surface area contributed by atoms with Crippen LogP contribution in [0.2, 0.25) is 0 Å². The average molecular weight is 388 g/mol. The van der Waals surface area contributed by atoms with E-state index in [4.69, 9.17) is 13.9 Å². The highest BCUT2D eigenvalue weighted by molar-refractivity contribution is 6.33. The summed E-state index contributed by atoms with van der Waals surface area (Å²) in [5.41, 5.74) is 1.81. The van der Waals surface area contributed by atoms with E-state index in [0.717, 1.165) is 17.1 Å². The molecule has 0 unspecified atom stereocenters. The highest BCUT2D eigenvalue weighted by Gasteiger charge is 2.32. The summed E-state index contributed by atoms with van der Waals surface area (Å²) in [6, 6.07) is 18.4. The van der Waals surface area contributed by atoms with Crippen LogP contribution < -0.4 is 14.4 Å². The average Bonchev–Trinajstić information content (AvgIpc) is 3.38. The van der Waals surface area contributed by atoms with Gasteiger partial charge in [0, 0.05) is 11.6 Å². The lowest BCUT2D eigenvalue weighted by Crippen LogP contribution is -2.32. The summed E-state index contributed by atoms with van der Waals surface area (Å²) in [4.78, 5) is 19.4. The third kappa shape index (κ3) is 3.78. The van der Waals surface area contributed by atoms with Crippen LogP contribution in [0, 0.1) is 0 Å². The van der Waals surface area contributed by atoms with Crippen LogP contribution in [0.1, 0.15) is 18.2 Å². The fourth-order valence-electron chi connectivity index (χ4n) is 3.06. The number of amidine groups is 1. The lowest BCUT2D eigenvalue weighted by atomic mass is 10.1. The molecule has 2 heterocycles. The van der Waals surface area contributed by atoms with Crippen LogP contribution >= 0.6 is 0 Å². The molecule has 0 fully saturated rings. The summed E-state index contributed by atoms with van der Waals surface area (Å²) in [5, 5.41) is 0. The van der Waals surface area contributed by atoms with E-state index < -0.39 is 0 Å². The molecule has 1 aromatic heterocycles. The van der Waals surface area contributed by atoms with Crippen LogP contribution in [0.25, 0.3) is 6.08 Å². The molecule has 0 N–H and O–H groups in total. The number of ether oxygens (including phenoxy) is 2. The third-order valence-electron chi connectivity index (χ3n) is 4.44. The van der Waals surface area contributed by atoms with Gasteiger partial charge in [-0.15, -0.1) is 0 Å². The molecule has 3 aromatic rings. The first kappa shape index (κ1) is 18.6. The van der Waals surface area contributed by atoms with Gasteiger partial charge in [0.15, 0.2) is 0 Å². The van der Waals surface area contributed by atoms with Crippen LogP contribution in [-0.4, -0.2) is 25.5 Å². The maximum atomic E-state index is 13.2. The van der Waals surface area contributed by atoms with Crippen LogP contribution in [0.15, 0.2) is 82.0 Å². The van der Waals surface area contributed by atoms with Crippen molar-refractivity contribution in [1.29, 1.82) is 0 Å². The number of amides is 1. The van der Waals surface area contributed by atoms with Crippen molar-refractivity contribution in [3.05, 3.63) is 83.9 Å². The molecule has 2 aromatic carbocycles. The molecule has 0 bridgehead atoms. The van der Waals surface area contributed by atoms with E-state index in [2.05, 4.69) is 4.99 Å². The van der Waals surface area contributed by atoms with Crippen molar-refractivity contribution in [2.45, 2.75) is 6.92 Å². The summed E-state index contributed by atoms with van der Waals surface area (Å²) in [7, 11) is 1.61. The number of carbonyl (C=O) groups is 1. The first-order valence-electron chi connectivity index (χ1n) is 9.25. The summed E-state index contributed by atoms with van der Waals surface area (Å²) in [6.45, 7) is 2.51. The number of furan rings is 1. The van der Waals surface area contributed by atoms with E-state index in [1.165, 1.54) is 0 Å². The van der Waals surface area contributed by atoms with Gasteiger partial charge >= 0.3 is 0 Å². The molecule has 0 spiro atoms. The zero-order valence-electron chi connectivity index (χ0n) is 16.2. The van der Waals surface area contributed by atoms with Crippen molar-refractivity contribution in [2.24, 2.45) is 4.99 Å². The van der Waals surface area contributed by atoms with E-state index in [1.54, 1.807) is 36.5 Å².